The van der Waals surface area contributed by atoms with E-state index in [1.807, 2.05) is 0 Å². The molecule has 142 valence electrons. The highest BCUT2D eigenvalue weighted by Gasteiger charge is 2.23. The van der Waals surface area contributed by atoms with Crippen LogP contribution in [0.4, 0.5) is 0 Å². The van der Waals surface area contributed by atoms with Crippen LogP contribution in [0.3, 0.4) is 0 Å². The molecular weight excluding hydrogens is 336 g/mol. The van der Waals surface area contributed by atoms with Crippen molar-refractivity contribution in [3.05, 3.63) is 29.8 Å². The molecule has 1 aromatic rings. The van der Waals surface area contributed by atoms with E-state index in [9.17, 15) is 9.59 Å². The van der Waals surface area contributed by atoms with E-state index in [0.29, 0.717) is 5.92 Å². The smallest absolute Gasteiger partial charge is 0.347 e. The fraction of sp³-hybridized carbons (Fsp3) is 0.526. The molecule has 0 saturated heterocycles. The van der Waals surface area contributed by atoms with Crippen molar-refractivity contribution in [2.45, 2.75) is 38.6 Å². The normalized spacial score (nSPS) is 19.8. The van der Waals surface area contributed by atoms with Crippen LogP contribution in [0.25, 0.3) is 0 Å². The molecule has 0 bridgehead atoms. The molecular formula is C19H26N2O5. The van der Waals surface area contributed by atoms with E-state index in [-0.39, 0.29) is 25.2 Å². The molecule has 0 unspecified atom stereocenters. The molecule has 7 nitrogen and oxygen atoms in total. The molecule has 1 saturated carbocycles. The maximum absolute atomic E-state index is 11.9. The van der Waals surface area contributed by atoms with Crippen LogP contribution in [0.1, 0.15) is 38.2 Å². The number of methoxy groups -OCH3 is 1. The minimum absolute atomic E-state index is 0.167. The van der Waals surface area contributed by atoms with Crippen molar-refractivity contribution < 1.29 is 23.9 Å². The molecule has 7 heteroatoms. The van der Waals surface area contributed by atoms with Gasteiger partial charge in [0, 0.05) is 6.04 Å². The quantitative estimate of drug-likeness (QED) is 0.436. The maximum Gasteiger partial charge on any atom is 0.347 e. The summed E-state index contributed by atoms with van der Waals surface area (Å²) in [7, 11) is 1.59. The molecule has 1 N–H and O–H groups in total. The monoisotopic (exact) mass is 362 g/mol. The van der Waals surface area contributed by atoms with Crippen LogP contribution in [0, 0.1) is 5.92 Å². The molecule has 0 aromatic heterocycles. The number of rotatable bonds is 8. The number of esters is 1. The second-order valence-electron chi connectivity index (χ2n) is 6.38. The van der Waals surface area contributed by atoms with E-state index in [1.54, 1.807) is 31.4 Å². The average Bonchev–Trinajstić information content (AvgIpc) is 2.66. The lowest BCUT2D eigenvalue weighted by atomic mass is 9.86. The Morgan fingerprint density at radius 1 is 1.19 bits per heavy atom. The van der Waals surface area contributed by atoms with Crippen molar-refractivity contribution in [2.24, 2.45) is 11.1 Å². The molecule has 0 radical (unpaired) electrons. The minimum atomic E-state index is -0.635. The summed E-state index contributed by atoms with van der Waals surface area (Å²) in [6, 6.07) is 7.37. The number of carbonyl (C=O) groups excluding carboxylic acids is 2. The summed E-state index contributed by atoms with van der Waals surface area (Å²) in [6.45, 7) is 1.48. The predicted octanol–water partition coefficient (Wildman–Crippen LogP) is 2.28. The molecule has 0 aliphatic heterocycles. The number of carbonyl (C=O) groups is 2. The SMILES string of the molecule is COc1ccc(/C=N\OCC(=O)OCC(=O)N[C@H]2CCCC[C@H]2C)cc1. The lowest BCUT2D eigenvalue weighted by Crippen LogP contribution is -2.43. The first-order chi connectivity index (χ1) is 12.6. The first-order valence-electron chi connectivity index (χ1n) is 8.83. The molecule has 2 rings (SSSR count). The third-order valence-electron chi connectivity index (χ3n) is 4.40. The number of amides is 1. The largest absolute Gasteiger partial charge is 0.497 e. The molecule has 0 spiro atoms. The van der Waals surface area contributed by atoms with E-state index in [1.165, 1.54) is 12.6 Å². The zero-order valence-electron chi connectivity index (χ0n) is 15.3. The summed E-state index contributed by atoms with van der Waals surface area (Å²) in [5.41, 5.74) is 0.806. The number of hydrogen-bond donors (Lipinski definition) is 1. The highest BCUT2D eigenvalue weighted by atomic mass is 16.7. The van der Waals surface area contributed by atoms with E-state index in [2.05, 4.69) is 17.4 Å². The first-order valence-corrected chi connectivity index (χ1v) is 8.83. The van der Waals surface area contributed by atoms with Gasteiger partial charge in [-0.15, -0.1) is 0 Å². The standard InChI is InChI=1S/C19H26N2O5/c1-14-5-3-4-6-17(14)21-18(22)12-25-19(23)13-26-20-11-15-7-9-16(24-2)10-8-15/h7-11,14,17H,3-6,12-13H2,1-2H3,(H,21,22)/b20-11-/t14-,17+/m1/s1. The number of ether oxygens (including phenoxy) is 2. The molecule has 1 aliphatic carbocycles. The fourth-order valence-corrected chi connectivity index (χ4v) is 2.84. The summed E-state index contributed by atoms with van der Waals surface area (Å²) in [6.07, 6.45) is 5.89. The Morgan fingerprint density at radius 2 is 1.92 bits per heavy atom. The van der Waals surface area contributed by atoms with E-state index in [4.69, 9.17) is 14.3 Å². The summed E-state index contributed by atoms with van der Waals surface area (Å²) in [5, 5.41) is 6.63. The Balaban J connectivity index is 1.62. The van der Waals surface area contributed by atoms with Crippen molar-refractivity contribution in [3.8, 4) is 5.75 Å². The Hall–Kier alpha value is -2.57. The fourth-order valence-electron chi connectivity index (χ4n) is 2.84. The van der Waals surface area contributed by atoms with Gasteiger partial charge in [-0.25, -0.2) is 4.79 Å². The Morgan fingerprint density at radius 3 is 2.62 bits per heavy atom. The van der Waals surface area contributed by atoms with Gasteiger partial charge in [0.25, 0.3) is 5.91 Å². The molecule has 1 fully saturated rings. The van der Waals surface area contributed by atoms with Gasteiger partial charge in [0.1, 0.15) is 5.75 Å². The van der Waals surface area contributed by atoms with Crippen LogP contribution in [0.2, 0.25) is 0 Å². The van der Waals surface area contributed by atoms with Gasteiger partial charge in [0.2, 0.25) is 6.61 Å². The van der Waals surface area contributed by atoms with Crippen molar-refractivity contribution in [1.82, 2.24) is 5.32 Å². The zero-order chi connectivity index (χ0) is 18.8. The molecule has 1 amide bonds. The van der Waals surface area contributed by atoms with E-state index >= 15 is 0 Å². The molecule has 1 aliphatic rings. The molecule has 2 atom stereocenters. The van der Waals surface area contributed by atoms with E-state index in [0.717, 1.165) is 30.6 Å². The molecule has 0 heterocycles. The predicted molar refractivity (Wildman–Crippen MR) is 97.1 cm³/mol. The number of hydrogen-bond acceptors (Lipinski definition) is 6. The first kappa shape index (κ1) is 19.8. The topological polar surface area (TPSA) is 86.2 Å². The Kier molecular flexibility index (Phi) is 7.92. The third kappa shape index (κ3) is 6.74. The van der Waals surface area contributed by atoms with Gasteiger partial charge < -0.3 is 19.6 Å². The summed E-state index contributed by atoms with van der Waals surface area (Å²) < 4.78 is 9.95. The van der Waals surface area contributed by atoms with Gasteiger partial charge in [-0.3, -0.25) is 4.79 Å². The van der Waals surface area contributed by atoms with Gasteiger partial charge in [0.15, 0.2) is 6.61 Å². The number of nitrogens with one attached hydrogen (secondary N) is 1. The maximum atomic E-state index is 11.9. The van der Waals surface area contributed by atoms with Crippen LogP contribution >= 0.6 is 0 Å². The van der Waals surface area contributed by atoms with Gasteiger partial charge >= 0.3 is 5.97 Å². The number of oxime groups is 1. The average molecular weight is 362 g/mol. The molecule has 1 aromatic carbocycles. The van der Waals surface area contributed by atoms with Crippen molar-refractivity contribution in [1.29, 1.82) is 0 Å². The third-order valence-corrected chi connectivity index (χ3v) is 4.40. The highest BCUT2D eigenvalue weighted by molar-refractivity contribution is 5.81. The van der Waals surface area contributed by atoms with Crippen molar-refractivity contribution >= 4 is 18.1 Å². The number of nitrogens with zero attached hydrogens (tertiary/aromatic N) is 1. The van der Waals surface area contributed by atoms with Crippen molar-refractivity contribution in [3.63, 3.8) is 0 Å². The van der Waals surface area contributed by atoms with Gasteiger partial charge in [-0.1, -0.05) is 24.9 Å². The minimum Gasteiger partial charge on any atom is -0.497 e. The van der Waals surface area contributed by atoms with Crippen LogP contribution in [-0.2, 0) is 19.2 Å². The zero-order valence-corrected chi connectivity index (χ0v) is 15.3. The van der Waals surface area contributed by atoms with Crippen LogP contribution in [-0.4, -0.2) is 44.5 Å². The van der Waals surface area contributed by atoms with Gasteiger partial charge in [-0.2, -0.15) is 0 Å². The van der Waals surface area contributed by atoms with E-state index < -0.39 is 5.97 Å². The van der Waals surface area contributed by atoms with Crippen LogP contribution in [0.5, 0.6) is 5.75 Å². The highest BCUT2D eigenvalue weighted by Crippen LogP contribution is 2.23. The Bertz CT molecular complexity index is 615. The second-order valence-corrected chi connectivity index (χ2v) is 6.38. The molecule has 26 heavy (non-hydrogen) atoms. The van der Waals surface area contributed by atoms with Crippen LogP contribution < -0.4 is 10.1 Å². The summed E-state index contributed by atoms with van der Waals surface area (Å²) >= 11 is 0. The summed E-state index contributed by atoms with van der Waals surface area (Å²) in [5.74, 6) is 0.286. The van der Waals surface area contributed by atoms with Crippen LogP contribution in [0.15, 0.2) is 29.4 Å². The summed E-state index contributed by atoms with van der Waals surface area (Å²) in [4.78, 5) is 28.3. The Labute approximate surface area is 153 Å². The lowest BCUT2D eigenvalue weighted by molar-refractivity contribution is -0.153. The second kappa shape index (κ2) is 10.4. The van der Waals surface area contributed by atoms with Gasteiger partial charge in [-0.05, 0) is 48.6 Å². The van der Waals surface area contributed by atoms with Crippen molar-refractivity contribution in [2.75, 3.05) is 20.3 Å². The van der Waals surface area contributed by atoms with Gasteiger partial charge in [0.05, 0.1) is 13.3 Å². The number of benzene rings is 1. The lowest BCUT2D eigenvalue weighted by Gasteiger charge is -2.29.